The minimum atomic E-state index is 0.0565. The van der Waals surface area contributed by atoms with E-state index in [0.29, 0.717) is 12.4 Å². The Morgan fingerprint density at radius 1 is 1.56 bits per heavy atom. The first kappa shape index (κ1) is 11.3. The molecule has 1 unspecified atom stereocenters. The summed E-state index contributed by atoms with van der Waals surface area (Å²) in [5.74, 6) is 0.924. The number of nitrogens with zero attached hydrogens (tertiary/aromatic N) is 4. The third-order valence-electron chi connectivity index (χ3n) is 3.16. The first-order valence-electron chi connectivity index (χ1n) is 5.71. The highest BCUT2D eigenvalue weighted by Gasteiger charge is 2.31. The molecule has 6 nitrogen and oxygen atoms in total. The van der Waals surface area contributed by atoms with Crippen molar-refractivity contribution in [2.45, 2.75) is 19.3 Å². The van der Waals surface area contributed by atoms with E-state index >= 15 is 0 Å². The summed E-state index contributed by atoms with van der Waals surface area (Å²) in [6, 6.07) is 0. The van der Waals surface area contributed by atoms with Gasteiger partial charge >= 0.3 is 0 Å². The molecule has 1 fully saturated rings. The second kappa shape index (κ2) is 4.49. The summed E-state index contributed by atoms with van der Waals surface area (Å²) in [4.78, 5) is 23.0. The molecule has 1 aliphatic rings. The van der Waals surface area contributed by atoms with Gasteiger partial charge in [0.15, 0.2) is 5.82 Å². The van der Waals surface area contributed by atoms with Crippen LogP contribution in [0.1, 0.15) is 33.5 Å². The monoisotopic (exact) mass is 264 g/mol. The van der Waals surface area contributed by atoms with Crippen LogP contribution in [0.2, 0.25) is 0 Å². The molecule has 1 saturated heterocycles. The van der Waals surface area contributed by atoms with Gasteiger partial charge in [-0.1, -0.05) is 5.16 Å². The van der Waals surface area contributed by atoms with E-state index in [0.717, 1.165) is 23.5 Å². The molecule has 7 heteroatoms. The summed E-state index contributed by atoms with van der Waals surface area (Å²) in [5, 5.41) is 3.84. The molecular formula is C11H12N4O2S. The molecule has 0 N–H and O–H groups in total. The van der Waals surface area contributed by atoms with Crippen LogP contribution in [0.4, 0.5) is 0 Å². The highest BCUT2D eigenvalue weighted by molar-refractivity contribution is 7.11. The number of hydrogen-bond acceptors (Lipinski definition) is 6. The van der Waals surface area contributed by atoms with Crippen LogP contribution < -0.4 is 0 Å². The minimum Gasteiger partial charge on any atom is -0.343 e. The molecule has 1 atom stereocenters. The van der Waals surface area contributed by atoms with Crippen molar-refractivity contribution in [2.75, 3.05) is 13.1 Å². The zero-order valence-corrected chi connectivity index (χ0v) is 10.7. The van der Waals surface area contributed by atoms with E-state index < -0.39 is 0 Å². The lowest BCUT2D eigenvalue weighted by Gasteiger charge is -2.14. The standard InChI is InChI=1S/C11H12N4O2S/c1-7-9(18-6-13-7)11(16)15-3-2-8(4-15)10-12-5-17-14-10/h5-6,8H,2-4H2,1H3. The third-order valence-corrected chi connectivity index (χ3v) is 4.08. The van der Waals surface area contributed by atoms with Crippen LogP contribution in [0.5, 0.6) is 0 Å². The maximum absolute atomic E-state index is 12.3. The van der Waals surface area contributed by atoms with Gasteiger partial charge in [-0.3, -0.25) is 4.79 Å². The third kappa shape index (κ3) is 1.90. The summed E-state index contributed by atoms with van der Waals surface area (Å²) < 4.78 is 4.74. The molecule has 0 radical (unpaired) electrons. The predicted octanol–water partition coefficient (Wildman–Crippen LogP) is 1.46. The van der Waals surface area contributed by atoms with Crippen molar-refractivity contribution >= 4 is 17.2 Å². The van der Waals surface area contributed by atoms with Crippen molar-refractivity contribution in [1.82, 2.24) is 20.0 Å². The number of carbonyl (C=O) groups is 1. The molecule has 1 aliphatic heterocycles. The van der Waals surface area contributed by atoms with Gasteiger partial charge in [-0.05, 0) is 13.3 Å². The number of aryl methyl sites for hydroxylation is 1. The molecule has 0 saturated carbocycles. The van der Waals surface area contributed by atoms with Crippen molar-refractivity contribution < 1.29 is 9.32 Å². The predicted molar refractivity (Wildman–Crippen MR) is 64.4 cm³/mol. The lowest BCUT2D eigenvalue weighted by molar-refractivity contribution is 0.0794. The summed E-state index contributed by atoms with van der Waals surface area (Å²) in [7, 11) is 0. The zero-order valence-electron chi connectivity index (χ0n) is 9.87. The van der Waals surface area contributed by atoms with Crippen molar-refractivity contribution in [3.8, 4) is 0 Å². The molecule has 0 bridgehead atoms. The average Bonchev–Trinajstić information content (AvgIpc) is 3.09. The molecule has 3 rings (SSSR count). The zero-order chi connectivity index (χ0) is 12.5. The Balaban J connectivity index is 1.73. The average molecular weight is 264 g/mol. The van der Waals surface area contributed by atoms with E-state index in [2.05, 4.69) is 15.1 Å². The molecule has 3 heterocycles. The van der Waals surface area contributed by atoms with E-state index in [1.54, 1.807) is 5.51 Å². The van der Waals surface area contributed by atoms with Crippen LogP contribution >= 0.6 is 11.3 Å². The van der Waals surface area contributed by atoms with E-state index in [4.69, 9.17) is 4.52 Å². The van der Waals surface area contributed by atoms with Crippen LogP contribution in [0.3, 0.4) is 0 Å². The molecule has 2 aromatic heterocycles. The summed E-state index contributed by atoms with van der Waals surface area (Å²) >= 11 is 1.39. The number of aromatic nitrogens is 3. The fourth-order valence-corrected chi connectivity index (χ4v) is 2.93. The van der Waals surface area contributed by atoms with E-state index in [-0.39, 0.29) is 11.8 Å². The highest BCUT2D eigenvalue weighted by Crippen LogP contribution is 2.27. The van der Waals surface area contributed by atoms with Crippen LogP contribution in [0.25, 0.3) is 0 Å². The number of hydrogen-bond donors (Lipinski definition) is 0. The Morgan fingerprint density at radius 3 is 3.11 bits per heavy atom. The molecule has 1 amide bonds. The van der Waals surface area contributed by atoms with Crippen molar-refractivity contribution in [2.24, 2.45) is 0 Å². The van der Waals surface area contributed by atoms with Gasteiger partial charge in [0.2, 0.25) is 6.39 Å². The van der Waals surface area contributed by atoms with E-state index in [9.17, 15) is 4.79 Å². The molecule has 94 valence electrons. The first-order chi connectivity index (χ1) is 8.75. The van der Waals surface area contributed by atoms with Gasteiger partial charge in [0.25, 0.3) is 5.91 Å². The van der Waals surface area contributed by atoms with Gasteiger partial charge in [0.1, 0.15) is 4.88 Å². The molecule has 0 aliphatic carbocycles. The quantitative estimate of drug-likeness (QED) is 0.821. The lowest BCUT2D eigenvalue weighted by Crippen LogP contribution is -2.28. The van der Waals surface area contributed by atoms with Crippen molar-refractivity contribution in [3.63, 3.8) is 0 Å². The molecule has 18 heavy (non-hydrogen) atoms. The van der Waals surface area contributed by atoms with Gasteiger partial charge < -0.3 is 9.42 Å². The Kier molecular flexibility index (Phi) is 2.83. The fraction of sp³-hybridized carbons (Fsp3) is 0.455. The number of carbonyl (C=O) groups excluding carboxylic acids is 1. The lowest BCUT2D eigenvalue weighted by atomic mass is 10.1. The maximum Gasteiger partial charge on any atom is 0.265 e. The van der Waals surface area contributed by atoms with Gasteiger partial charge in [-0.2, -0.15) is 4.98 Å². The minimum absolute atomic E-state index is 0.0565. The number of likely N-dealkylation sites (tertiary alicyclic amines) is 1. The molecular weight excluding hydrogens is 252 g/mol. The second-order valence-electron chi connectivity index (χ2n) is 4.29. The van der Waals surface area contributed by atoms with Crippen LogP contribution in [-0.4, -0.2) is 39.0 Å². The SMILES string of the molecule is Cc1ncsc1C(=O)N1CCC(c2ncon2)C1. The number of amides is 1. The van der Waals surface area contributed by atoms with Gasteiger partial charge in [-0.15, -0.1) is 11.3 Å². The van der Waals surface area contributed by atoms with E-state index in [1.807, 2.05) is 11.8 Å². The Morgan fingerprint density at radius 2 is 2.44 bits per heavy atom. The van der Waals surface area contributed by atoms with Gasteiger partial charge in [-0.25, -0.2) is 4.98 Å². The van der Waals surface area contributed by atoms with Gasteiger partial charge in [0.05, 0.1) is 11.2 Å². The van der Waals surface area contributed by atoms with E-state index in [1.165, 1.54) is 17.7 Å². The molecule has 0 spiro atoms. The Labute approximate surface area is 108 Å². The number of rotatable bonds is 2. The maximum atomic E-state index is 12.3. The Hall–Kier alpha value is -1.76. The largest absolute Gasteiger partial charge is 0.343 e. The fourth-order valence-electron chi connectivity index (χ4n) is 2.16. The van der Waals surface area contributed by atoms with Gasteiger partial charge in [0, 0.05) is 19.0 Å². The molecule has 0 aromatic carbocycles. The Bertz CT molecular complexity index is 551. The number of thiazole rings is 1. The second-order valence-corrected chi connectivity index (χ2v) is 5.15. The topological polar surface area (TPSA) is 72.1 Å². The smallest absolute Gasteiger partial charge is 0.265 e. The van der Waals surface area contributed by atoms with Crippen LogP contribution in [0.15, 0.2) is 16.4 Å². The summed E-state index contributed by atoms with van der Waals surface area (Å²) in [6.07, 6.45) is 2.20. The normalized spacial score (nSPS) is 19.4. The first-order valence-corrected chi connectivity index (χ1v) is 6.59. The molecule has 2 aromatic rings. The van der Waals surface area contributed by atoms with Crippen LogP contribution in [0, 0.1) is 6.92 Å². The van der Waals surface area contributed by atoms with Crippen molar-refractivity contribution in [1.29, 1.82) is 0 Å². The summed E-state index contributed by atoms with van der Waals surface area (Å²) in [6.45, 7) is 3.24. The van der Waals surface area contributed by atoms with Crippen LogP contribution in [-0.2, 0) is 0 Å². The summed E-state index contributed by atoms with van der Waals surface area (Å²) in [5.41, 5.74) is 2.50. The highest BCUT2D eigenvalue weighted by atomic mass is 32.1. The van der Waals surface area contributed by atoms with Crippen molar-refractivity contribution in [3.05, 3.63) is 28.3 Å².